The van der Waals surface area contributed by atoms with Crippen LogP contribution in [0.5, 0.6) is 5.75 Å². The minimum atomic E-state index is -0.534. The maximum atomic E-state index is 12.9. The first-order chi connectivity index (χ1) is 15.9. The molecule has 0 radical (unpaired) electrons. The van der Waals surface area contributed by atoms with Crippen LogP contribution in [0.25, 0.3) is 6.08 Å². The smallest absolute Gasteiger partial charge is 0.343 e. The van der Waals surface area contributed by atoms with Crippen molar-refractivity contribution in [3.8, 4) is 5.75 Å². The summed E-state index contributed by atoms with van der Waals surface area (Å²) < 4.78 is 6.26. The number of carbonyl (C=O) groups is 4. The van der Waals surface area contributed by atoms with Gasteiger partial charge in [-0.2, -0.15) is 0 Å². The SMILES string of the molecule is O=C(Oc1ccc(Br)cc1/C=C1\SC(=O)N(CC(=O)N2CCCCC2)C1=O)c1ccccc1. The number of nitrogens with zero attached hydrogens (tertiary/aromatic N) is 2. The Morgan fingerprint density at radius 3 is 2.48 bits per heavy atom. The molecular formula is C24H21BrN2O5S. The molecule has 0 N–H and O–H groups in total. The Labute approximate surface area is 203 Å². The zero-order valence-corrected chi connectivity index (χ0v) is 20.1. The van der Waals surface area contributed by atoms with E-state index in [9.17, 15) is 19.2 Å². The van der Waals surface area contributed by atoms with Crippen molar-refractivity contribution in [3.63, 3.8) is 0 Å². The van der Waals surface area contributed by atoms with Crippen LogP contribution in [0.3, 0.4) is 0 Å². The average Bonchev–Trinajstić information content (AvgIpc) is 3.09. The second-order valence-electron chi connectivity index (χ2n) is 7.65. The van der Waals surface area contributed by atoms with E-state index in [1.165, 1.54) is 6.08 Å². The van der Waals surface area contributed by atoms with Crippen LogP contribution in [-0.4, -0.2) is 52.5 Å². The number of amides is 3. The summed E-state index contributed by atoms with van der Waals surface area (Å²) in [6, 6.07) is 13.6. The number of ether oxygens (including phenoxy) is 1. The highest BCUT2D eigenvalue weighted by Gasteiger charge is 2.37. The summed E-state index contributed by atoms with van der Waals surface area (Å²) in [5, 5.41) is -0.491. The number of hydrogen-bond acceptors (Lipinski definition) is 6. The predicted octanol–water partition coefficient (Wildman–Crippen LogP) is 4.72. The van der Waals surface area contributed by atoms with E-state index in [1.54, 1.807) is 53.4 Å². The van der Waals surface area contributed by atoms with Crippen LogP contribution >= 0.6 is 27.7 Å². The van der Waals surface area contributed by atoms with Gasteiger partial charge in [0.25, 0.3) is 11.1 Å². The molecule has 2 aliphatic rings. The molecule has 170 valence electrons. The highest BCUT2D eigenvalue weighted by molar-refractivity contribution is 9.10. The topological polar surface area (TPSA) is 84.0 Å². The third-order valence-electron chi connectivity index (χ3n) is 5.35. The minimum Gasteiger partial charge on any atom is -0.422 e. The second-order valence-corrected chi connectivity index (χ2v) is 9.56. The Morgan fingerprint density at radius 1 is 1.03 bits per heavy atom. The van der Waals surface area contributed by atoms with E-state index in [-0.39, 0.29) is 23.1 Å². The lowest BCUT2D eigenvalue weighted by atomic mass is 10.1. The Hall–Kier alpha value is -2.91. The highest BCUT2D eigenvalue weighted by atomic mass is 79.9. The molecule has 2 aromatic carbocycles. The van der Waals surface area contributed by atoms with Crippen molar-refractivity contribution in [2.45, 2.75) is 19.3 Å². The van der Waals surface area contributed by atoms with Crippen LogP contribution in [0.4, 0.5) is 4.79 Å². The molecule has 0 bridgehead atoms. The molecule has 2 fully saturated rings. The molecule has 0 atom stereocenters. The van der Waals surface area contributed by atoms with Crippen molar-refractivity contribution in [2.24, 2.45) is 0 Å². The van der Waals surface area contributed by atoms with Gasteiger partial charge in [-0.1, -0.05) is 34.1 Å². The molecule has 3 amide bonds. The standard InChI is InChI=1S/C24H21BrN2O5S/c25-18-9-10-19(32-23(30)16-7-3-1-4-8-16)17(13-18)14-20-22(29)27(24(31)33-20)15-21(28)26-11-5-2-6-12-26/h1,3-4,7-10,13-14H,2,5-6,11-12,15H2/b20-14-. The fraction of sp³-hybridized carbons (Fsp3) is 0.250. The quantitative estimate of drug-likeness (QED) is 0.317. The van der Waals surface area contributed by atoms with Crippen molar-refractivity contribution in [3.05, 3.63) is 69.0 Å². The van der Waals surface area contributed by atoms with Gasteiger partial charge in [0, 0.05) is 23.1 Å². The number of esters is 1. The molecule has 0 aliphatic carbocycles. The van der Waals surface area contributed by atoms with E-state index < -0.39 is 17.1 Å². The summed E-state index contributed by atoms with van der Waals surface area (Å²) in [5.74, 6) is -1.04. The Kier molecular flexibility index (Phi) is 7.29. The molecule has 2 saturated heterocycles. The van der Waals surface area contributed by atoms with Crippen molar-refractivity contribution < 1.29 is 23.9 Å². The first-order valence-electron chi connectivity index (χ1n) is 10.5. The zero-order chi connectivity index (χ0) is 23.4. The normalized spacial score (nSPS) is 17.5. The van der Waals surface area contributed by atoms with Gasteiger partial charge in [-0.3, -0.25) is 19.3 Å². The number of hydrogen-bond donors (Lipinski definition) is 0. The summed E-state index contributed by atoms with van der Waals surface area (Å²) in [5.41, 5.74) is 0.851. The van der Waals surface area contributed by atoms with Gasteiger partial charge in [-0.25, -0.2) is 4.79 Å². The van der Waals surface area contributed by atoms with Gasteiger partial charge < -0.3 is 9.64 Å². The molecule has 0 saturated carbocycles. The number of likely N-dealkylation sites (tertiary alicyclic amines) is 1. The summed E-state index contributed by atoms with van der Waals surface area (Å²) in [6.45, 7) is 1.04. The molecular weight excluding hydrogens is 508 g/mol. The monoisotopic (exact) mass is 528 g/mol. The fourth-order valence-electron chi connectivity index (χ4n) is 3.61. The molecule has 7 nitrogen and oxygen atoms in total. The first-order valence-corrected chi connectivity index (χ1v) is 12.1. The summed E-state index contributed by atoms with van der Waals surface area (Å²) in [6.07, 6.45) is 4.45. The van der Waals surface area contributed by atoms with Crippen LogP contribution in [0.2, 0.25) is 0 Å². The number of carbonyl (C=O) groups excluding carboxylic acids is 4. The van der Waals surface area contributed by atoms with Gasteiger partial charge in [0.05, 0.1) is 10.5 Å². The molecule has 9 heteroatoms. The van der Waals surface area contributed by atoms with Crippen LogP contribution in [0.1, 0.15) is 35.2 Å². The van der Waals surface area contributed by atoms with Gasteiger partial charge >= 0.3 is 5.97 Å². The van der Waals surface area contributed by atoms with Crippen molar-refractivity contribution in [1.82, 2.24) is 9.80 Å². The number of imide groups is 1. The third-order valence-corrected chi connectivity index (χ3v) is 6.75. The van der Waals surface area contributed by atoms with Gasteiger partial charge in [-0.15, -0.1) is 0 Å². The molecule has 2 heterocycles. The van der Waals surface area contributed by atoms with Gasteiger partial charge in [0.2, 0.25) is 5.91 Å². The zero-order valence-electron chi connectivity index (χ0n) is 17.7. The Bertz CT molecular complexity index is 1130. The molecule has 0 aromatic heterocycles. The van der Waals surface area contributed by atoms with Gasteiger partial charge in [0.1, 0.15) is 12.3 Å². The average molecular weight is 529 g/mol. The number of thioether (sulfide) groups is 1. The largest absolute Gasteiger partial charge is 0.422 e. The van der Waals surface area contributed by atoms with Crippen LogP contribution in [0.15, 0.2) is 57.9 Å². The van der Waals surface area contributed by atoms with E-state index in [1.807, 2.05) is 0 Å². The van der Waals surface area contributed by atoms with Crippen molar-refractivity contribution >= 4 is 56.8 Å². The number of halogens is 1. The van der Waals surface area contributed by atoms with E-state index >= 15 is 0 Å². The van der Waals surface area contributed by atoms with E-state index in [2.05, 4.69) is 15.9 Å². The van der Waals surface area contributed by atoms with Crippen molar-refractivity contribution in [2.75, 3.05) is 19.6 Å². The van der Waals surface area contributed by atoms with Crippen LogP contribution in [-0.2, 0) is 9.59 Å². The number of piperidine rings is 1. The lowest BCUT2D eigenvalue weighted by Gasteiger charge is -2.27. The number of benzene rings is 2. The molecule has 2 aromatic rings. The molecule has 33 heavy (non-hydrogen) atoms. The maximum absolute atomic E-state index is 12.9. The lowest BCUT2D eigenvalue weighted by molar-refractivity contribution is -0.136. The summed E-state index contributed by atoms with van der Waals surface area (Å²) in [4.78, 5) is 53.3. The lowest BCUT2D eigenvalue weighted by Crippen LogP contribution is -2.44. The fourth-order valence-corrected chi connectivity index (χ4v) is 4.82. The van der Waals surface area contributed by atoms with Gasteiger partial charge in [0.15, 0.2) is 0 Å². The van der Waals surface area contributed by atoms with Crippen LogP contribution in [0, 0.1) is 0 Å². The second kappa shape index (κ2) is 10.4. The van der Waals surface area contributed by atoms with Crippen molar-refractivity contribution in [1.29, 1.82) is 0 Å². The molecule has 0 spiro atoms. The van der Waals surface area contributed by atoms with E-state index in [4.69, 9.17) is 4.74 Å². The molecule has 4 rings (SSSR count). The molecule has 2 aliphatic heterocycles. The first kappa shape index (κ1) is 23.3. The van der Waals surface area contributed by atoms with E-state index in [0.717, 1.165) is 35.9 Å². The van der Waals surface area contributed by atoms with Gasteiger partial charge in [-0.05, 0) is 67.4 Å². The van der Waals surface area contributed by atoms with E-state index in [0.29, 0.717) is 28.7 Å². The Morgan fingerprint density at radius 2 is 1.76 bits per heavy atom. The summed E-state index contributed by atoms with van der Waals surface area (Å²) in [7, 11) is 0. The predicted molar refractivity (Wildman–Crippen MR) is 129 cm³/mol. The molecule has 0 unspecified atom stereocenters. The number of rotatable bonds is 5. The van der Waals surface area contributed by atoms with Crippen LogP contribution < -0.4 is 4.74 Å². The summed E-state index contributed by atoms with van der Waals surface area (Å²) >= 11 is 4.15. The maximum Gasteiger partial charge on any atom is 0.343 e. The third kappa shape index (κ3) is 5.54. The minimum absolute atomic E-state index is 0.168. The Balaban J connectivity index is 1.53. The highest BCUT2D eigenvalue weighted by Crippen LogP contribution is 2.35.